The number of nitrogens with one attached hydrogen (secondary N) is 1. The summed E-state index contributed by atoms with van der Waals surface area (Å²) in [6, 6.07) is 4.77. The molecule has 5 nitrogen and oxygen atoms in total. The Morgan fingerprint density at radius 3 is 2.78 bits per heavy atom. The fraction of sp³-hybridized carbons (Fsp3) is 0.450. The average Bonchev–Trinajstić information content (AvgIpc) is 2.63. The van der Waals surface area contributed by atoms with Gasteiger partial charge in [-0.1, -0.05) is 17.7 Å². The molecule has 1 aromatic heterocycles. The van der Waals surface area contributed by atoms with Crippen LogP contribution < -0.4 is 5.32 Å². The van der Waals surface area contributed by atoms with Gasteiger partial charge in [0.1, 0.15) is 12.1 Å². The van der Waals surface area contributed by atoms with E-state index in [9.17, 15) is 9.18 Å². The van der Waals surface area contributed by atoms with Gasteiger partial charge < -0.3 is 5.32 Å². The van der Waals surface area contributed by atoms with E-state index in [0.29, 0.717) is 46.5 Å². The third-order valence-corrected chi connectivity index (χ3v) is 5.41. The topological polar surface area (TPSA) is 58.1 Å². The van der Waals surface area contributed by atoms with Crippen molar-refractivity contribution < 1.29 is 9.18 Å². The Morgan fingerprint density at radius 1 is 1.33 bits per heavy atom. The highest BCUT2D eigenvalue weighted by molar-refractivity contribution is 6.31. The molecule has 27 heavy (non-hydrogen) atoms. The summed E-state index contributed by atoms with van der Waals surface area (Å²) in [5.41, 5.74) is 2.44. The molecule has 1 aliphatic rings. The normalized spacial score (nSPS) is 17.7. The molecular formula is C20H24ClFN4O. The molecule has 7 heteroatoms. The van der Waals surface area contributed by atoms with Crippen molar-refractivity contribution in [1.29, 1.82) is 0 Å². The van der Waals surface area contributed by atoms with Crippen LogP contribution in [-0.2, 0) is 6.54 Å². The number of nitrogens with zero attached hydrogens (tertiary/aromatic N) is 3. The van der Waals surface area contributed by atoms with Crippen LogP contribution in [0.4, 0.5) is 4.39 Å². The first-order chi connectivity index (χ1) is 13.0. The van der Waals surface area contributed by atoms with Crippen LogP contribution in [0, 0.1) is 25.6 Å². The van der Waals surface area contributed by atoms with Gasteiger partial charge in [-0.15, -0.1) is 0 Å². The monoisotopic (exact) mass is 390 g/mol. The molecule has 1 atom stereocenters. The van der Waals surface area contributed by atoms with E-state index in [0.717, 1.165) is 25.9 Å². The summed E-state index contributed by atoms with van der Waals surface area (Å²) < 4.78 is 14.0. The van der Waals surface area contributed by atoms with Gasteiger partial charge in [0.05, 0.1) is 17.0 Å². The zero-order chi connectivity index (χ0) is 19.4. The number of hydrogen-bond acceptors (Lipinski definition) is 4. The van der Waals surface area contributed by atoms with Crippen LogP contribution >= 0.6 is 11.6 Å². The lowest BCUT2D eigenvalue weighted by Gasteiger charge is -2.33. The fourth-order valence-corrected chi connectivity index (χ4v) is 3.84. The molecule has 0 saturated carbocycles. The minimum Gasteiger partial charge on any atom is -0.352 e. The number of halogens is 2. The molecule has 2 aromatic rings. The molecule has 2 heterocycles. The van der Waals surface area contributed by atoms with Crippen molar-refractivity contribution in [3.63, 3.8) is 0 Å². The Bertz CT molecular complexity index is 789. The standard InChI is InChI=1S/C20H24ClFN4O/c1-13-19(14(2)25-12-24-13)20(27)23-9-15-5-4-8-26(10-15)11-16-17(21)6-3-7-18(16)22/h3,6-7,12,15H,4-5,8-11H2,1-2H3,(H,23,27). The molecule has 1 unspecified atom stereocenters. The van der Waals surface area contributed by atoms with E-state index < -0.39 is 0 Å². The number of rotatable bonds is 5. The zero-order valence-electron chi connectivity index (χ0n) is 15.6. The largest absolute Gasteiger partial charge is 0.352 e. The zero-order valence-corrected chi connectivity index (χ0v) is 16.4. The third-order valence-electron chi connectivity index (χ3n) is 5.05. The Hall–Kier alpha value is -2.05. The molecule has 0 aliphatic carbocycles. The highest BCUT2D eigenvalue weighted by Gasteiger charge is 2.23. The van der Waals surface area contributed by atoms with Crippen LogP contribution in [0.15, 0.2) is 24.5 Å². The molecular weight excluding hydrogens is 367 g/mol. The SMILES string of the molecule is Cc1ncnc(C)c1C(=O)NCC1CCCN(Cc2c(F)cccc2Cl)C1. The summed E-state index contributed by atoms with van der Waals surface area (Å²) in [6.07, 6.45) is 3.51. The number of aryl methyl sites for hydroxylation is 2. The fourth-order valence-electron chi connectivity index (χ4n) is 3.62. The van der Waals surface area contributed by atoms with Crippen LogP contribution in [0.25, 0.3) is 0 Å². The first-order valence-electron chi connectivity index (χ1n) is 9.17. The van der Waals surface area contributed by atoms with Gasteiger partial charge >= 0.3 is 0 Å². The number of benzene rings is 1. The van der Waals surface area contributed by atoms with Gasteiger partial charge in [-0.3, -0.25) is 9.69 Å². The summed E-state index contributed by atoms with van der Waals surface area (Å²) in [7, 11) is 0. The predicted octanol–water partition coefficient (Wildman–Crippen LogP) is 3.53. The Kier molecular flexibility index (Phi) is 6.39. The summed E-state index contributed by atoms with van der Waals surface area (Å²) >= 11 is 6.15. The maximum Gasteiger partial charge on any atom is 0.254 e. The molecule has 1 N–H and O–H groups in total. The van der Waals surface area contributed by atoms with Gasteiger partial charge in [0.25, 0.3) is 5.91 Å². The molecule has 1 aromatic carbocycles. The van der Waals surface area contributed by atoms with Crippen LogP contribution in [0.3, 0.4) is 0 Å². The van der Waals surface area contributed by atoms with E-state index in [1.807, 2.05) is 13.8 Å². The molecule has 144 valence electrons. The first kappa shape index (κ1) is 19.7. The minimum atomic E-state index is -0.270. The Morgan fingerprint density at radius 2 is 2.07 bits per heavy atom. The second-order valence-corrected chi connectivity index (χ2v) is 7.48. The summed E-state index contributed by atoms with van der Waals surface area (Å²) in [4.78, 5) is 22.9. The minimum absolute atomic E-state index is 0.139. The number of piperidine rings is 1. The smallest absolute Gasteiger partial charge is 0.254 e. The Balaban J connectivity index is 1.58. The van der Waals surface area contributed by atoms with E-state index in [1.54, 1.807) is 12.1 Å². The highest BCUT2D eigenvalue weighted by atomic mass is 35.5. The second-order valence-electron chi connectivity index (χ2n) is 7.07. The molecule has 3 rings (SSSR count). The number of aromatic nitrogens is 2. The third kappa shape index (κ3) is 4.82. The summed E-state index contributed by atoms with van der Waals surface area (Å²) in [6.45, 7) is 6.39. The van der Waals surface area contributed by atoms with Crippen molar-refractivity contribution in [2.24, 2.45) is 5.92 Å². The van der Waals surface area contributed by atoms with E-state index >= 15 is 0 Å². The van der Waals surface area contributed by atoms with Gasteiger partial charge in [-0.25, -0.2) is 14.4 Å². The molecule has 1 aliphatic heterocycles. The van der Waals surface area contributed by atoms with E-state index in [-0.39, 0.29) is 11.7 Å². The molecule has 1 fully saturated rings. The number of carbonyl (C=O) groups excluding carboxylic acids is 1. The van der Waals surface area contributed by atoms with Gasteiger partial charge in [-0.05, 0) is 51.3 Å². The quantitative estimate of drug-likeness (QED) is 0.848. The summed E-state index contributed by atoms with van der Waals surface area (Å²) in [5.74, 6) is -0.0914. The predicted molar refractivity (Wildman–Crippen MR) is 103 cm³/mol. The molecule has 0 bridgehead atoms. The number of likely N-dealkylation sites (tertiary alicyclic amines) is 1. The van der Waals surface area contributed by atoms with Gasteiger partial charge in [0.2, 0.25) is 0 Å². The van der Waals surface area contributed by atoms with Crippen molar-refractivity contribution in [2.75, 3.05) is 19.6 Å². The molecule has 0 radical (unpaired) electrons. The van der Waals surface area contributed by atoms with Gasteiger partial charge in [-0.2, -0.15) is 0 Å². The van der Waals surface area contributed by atoms with E-state index in [2.05, 4.69) is 20.2 Å². The lowest BCUT2D eigenvalue weighted by atomic mass is 9.97. The molecule has 0 spiro atoms. The lowest BCUT2D eigenvalue weighted by Crippen LogP contribution is -2.41. The van der Waals surface area contributed by atoms with Crippen molar-refractivity contribution in [1.82, 2.24) is 20.2 Å². The van der Waals surface area contributed by atoms with Crippen LogP contribution in [-0.4, -0.2) is 40.4 Å². The van der Waals surface area contributed by atoms with Crippen molar-refractivity contribution in [2.45, 2.75) is 33.2 Å². The number of amides is 1. The van der Waals surface area contributed by atoms with Crippen molar-refractivity contribution in [3.05, 3.63) is 57.9 Å². The number of carbonyl (C=O) groups is 1. The van der Waals surface area contributed by atoms with Crippen LogP contribution in [0.2, 0.25) is 5.02 Å². The van der Waals surface area contributed by atoms with E-state index in [1.165, 1.54) is 12.4 Å². The van der Waals surface area contributed by atoms with Gasteiger partial charge in [0, 0.05) is 30.2 Å². The maximum atomic E-state index is 14.0. The molecule has 1 amide bonds. The van der Waals surface area contributed by atoms with Gasteiger partial charge in [0.15, 0.2) is 0 Å². The van der Waals surface area contributed by atoms with Crippen LogP contribution in [0.5, 0.6) is 0 Å². The van der Waals surface area contributed by atoms with Crippen molar-refractivity contribution in [3.8, 4) is 0 Å². The first-order valence-corrected chi connectivity index (χ1v) is 9.55. The Labute approximate surface area is 164 Å². The second kappa shape index (κ2) is 8.76. The average molecular weight is 391 g/mol. The van der Waals surface area contributed by atoms with Crippen LogP contribution in [0.1, 0.15) is 40.2 Å². The molecule has 1 saturated heterocycles. The maximum absolute atomic E-state index is 14.0. The lowest BCUT2D eigenvalue weighted by molar-refractivity contribution is 0.0928. The van der Waals surface area contributed by atoms with Crippen molar-refractivity contribution >= 4 is 17.5 Å². The summed E-state index contributed by atoms with van der Waals surface area (Å²) in [5, 5.41) is 3.47. The number of hydrogen-bond donors (Lipinski definition) is 1. The highest BCUT2D eigenvalue weighted by Crippen LogP contribution is 2.24. The van der Waals surface area contributed by atoms with E-state index in [4.69, 9.17) is 11.6 Å².